The van der Waals surface area contributed by atoms with Crippen LogP contribution in [0.4, 0.5) is 0 Å². The second-order valence-electron chi connectivity index (χ2n) is 7.26. The van der Waals surface area contributed by atoms with Crippen molar-refractivity contribution in [2.45, 2.75) is 45.6 Å². The van der Waals surface area contributed by atoms with Gasteiger partial charge < -0.3 is 9.84 Å². The molecule has 7 heteroatoms. The van der Waals surface area contributed by atoms with Crippen molar-refractivity contribution in [1.29, 1.82) is 0 Å². The molecule has 0 heterocycles. The molecule has 2 aromatic rings. The van der Waals surface area contributed by atoms with Gasteiger partial charge in [-0.2, -0.15) is 0 Å². The van der Waals surface area contributed by atoms with Crippen molar-refractivity contribution in [2.24, 2.45) is 5.92 Å². The van der Waals surface area contributed by atoms with Crippen molar-refractivity contribution in [3.05, 3.63) is 71.3 Å². The monoisotopic (exact) mass is 427 g/mol. The number of carbonyl (C=O) groups excluding carboxylic acids is 2. The number of rotatable bonds is 13. The SMILES string of the molecule is CCCCONC(=O)CCC(Cc1ccc(C(=O)O)cc1)C(=O)OCc1ccccc1. The fourth-order valence-electron chi connectivity index (χ4n) is 2.92. The van der Waals surface area contributed by atoms with Gasteiger partial charge in [0.2, 0.25) is 5.91 Å². The number of unbranched alkanes of at least 4 members (excludes halogenated alkanes) is 1. The lowest BCUT2D eigenvalue weighted by Crippen LogP contribution is -2.27. The number of ether oxygens (including phenoxy) is 1. The fourth-order valence-corrected chi connectivity index (χ4v) is 2.92. The summed E-state index contributed by atoms with van der Waals surface area (Å²) in [4.78, 5) is 40.9. The van der Waals surface area contributed by atoms with Crippen LogP contribution < -0.4 is 5.48 Å². The van der Waals surface area contributed by atoms with Gasteiger partial charge in [0.25, 0.3) is 0 Å². The Labute approximate surface area is 182 Å². The molecule has 0 spiro atoms. The number of esters is 1. The molecule has 0 aliphatic rings. The van der Waals surface area contributed by atoms with Crippen molar-refractivity contribution in [1.82, 2.24) is 5.48 Å². The molecule has 31 heavy (non-hydrogen) atoms. The number of hydrogen-bond donors (Lipinski definition) is 2. The number of carbonyl (C=O) groups is 3. The Morgan fingerprint density at radius 3 is 2.35 bits per heavy atom. The van der Waals surface area contributed by atoms with Crippen LogP contribution >= 0.6 is 0 Å². The number of aromatic carboxylic acids is 1. The van der Waals surface area contributed by atoms with E-state index in [1.54, 1.807) is 12.1 Å². The number of benzene rings is 2. The molecular formula is C24H29NO6. The smallest absolute Gasteiger partial charge is 0.335 e. The van der Waals surface area contributed by atoms with Gasteiger partial charge in [-0.3, -0.25) is 14.4 Å². The molecule has 2 N–H and O–H groups in total. The maximum Gasteiger partial charge on any atom is 0.335 e. The summed E-state index contributed by atoms with van der Waals surface area (Å²) in [6.45, 7) is 2.63. The zero-order valence-electron chi connectivity index (χ0n) is 17.7. The molecule has 0 aliphatic carbocycles. The molecule has 166 valence electrons. The quantitative estimate of drug-likeness (QED) is 0.285. The molecule has 1 amide bonds. The van der Waals surface area contributed by atoms with E-state index in [9.17, 15) is 14.4 Å². The minimum absolute atomic E-state index is 0.116. The topological polar surface area (TPSA) is 102 Å². The standard InChI is InChI=1S/C24H29NO6/c1-2-3-15-31-25-22(26)14-13-21(16-18-9-11-20(12-10-18)23(27)28)24(29)30-17-19-7-5-4-6-8-19/h4-12,21H,2-3,13-17H2,1H3,(H,25,26)(H,27,28). The van der Waals surface area contributed by atoms with Crippen LogP contribution in [0.3, 0.4) is 0 Å². The summed E-state index contributed by atoms with van der Waals surface area (Å²) in [6.07, 6.45) is 2.56. The summed E-state index contributed by atoms with van der Waals surface area (Å²) < 4.78 is 5.47. The fraction of sp³-hybridized carbons (Fsp3) is 0.375. The summed E-state index contributed by atoms with van der Waals surface area (Å²) >= 11 is 0. The highest BCUT2D eigenvalue weighted by Crippen LogP contribution is 2.18. The minimum Gasteiger partial charge on any atom is -0.478 e. The molecule has 0 bridgehead atoms. The van der Waals surface area contributed by atoms with Crippen LogP contribution in [-0.4, -0.2) is 29.6 Å². The first-order chi connectivity index (χ1) is 15.0. The molecule has 0 aliphatic heterocycles. The Bertz CT molecular complexity index is 835. The third-order valence-corrected chi connectivity index (χ3v) is 4.75. The molecular weight excluding hydrogens is 398 g/mol. The van der Waals surface area contributed by atoms with E-state index in [1.807, 2.05) is 37.3 Å². The molecule has 0 saturated heterocycles. The number of amides is 1. The van der Waals surface area contributed by atoms with Crippen LogP contribution in [0.1, 0.15) is 54.1 Å². The molecule has 0 fully saturated rings. The second-order valence-corrected chi connectivity index (χ2v) is 7.26. The Morgan fingerprint density at radius 2 is 1.71 bits per heavy atom. The minimum atomic E-state index is -1.01. The lowest BCUT2D eigenvalue weighted by Gasteiger charge is -2.16. The average molecular weight is 427 g/mol. The number of hydrogen-bond acceptors (Lipinski definition) is 5. The molecule has 2 aromatic carbocycles. The molecule has 1 unspecified atom stereocenters. The first-order valence-electron chi connectivity index (χ1n) is 10.4. The molecule has 7 nitrogen and oxygen atoms in total. The van der Waals surface area contributed by atoms with E-state index >= 15 is 0 Å². The van der Waals surface area contributed by atoms with Crippen molar-refractivity contribution in [3.63, 3.8) is 0 Å². The molecule has 2 rings (SSSR count). The Morgan fingerprint density at radius 1 is 1.00 bits per heavy atom. The van der Waals surface area contributed by atoms with Gasteiger partial charge in [0.05, 0.1) is 18.1 Å². The van der Waals surface area contributed by atoms with Crippen LogP contribution in [-0.2, 0) is 32.2 Å². The van der Waals surface area contributed by atoms with Gasteiger partial charge in [-0.25, -0.2) is 10.3 Å². The first-order valence-corrected chi connectivity index (χ1v) is 10.4. The van der Waals surface area contributed by atoms with Crippen molar-refractivity contribution < 1.29 is 29.1 Å². The van der Waals surface area contributed by atoms with Crippen molar-refractivity contribution in [3.8, 4) is 0 Å². The molecule has 0 saturated carbocycles. The molecule has 0 radical (unpaired) electrons. The van der Waals surface area contributed by atoms with Crippen LogP contribution in [0.5, 0.6) is 0 Å². The van der Waals surface area contributed by atoms with Gasteiger partial charge in [-0.05, 0) is 42.5 Å². The van der Waals surface area contributed by atoms with Crippen molar-refractivity contribution in [2.75, 3.05) is 6.61 Å². The molecule has 1 atom stereocenters. The summed E-state index contributed by atoms with van der Waals surface area (Å²) in [7, 11) is 0. The van der Waals surface area contributed by atoms with E-state index in [-0.39, 0.29) is 30.9 Å². The summed E-state index contributed by atoms with van der Waals surface area (Å²) in [6, 6.07) is 15.7. The highest BCUT2D eigenvalue weighted by Gasteiger charge is 2.22. The average Bonchev–Trinajstić information content (AvgIpc) is 2.79. The van der Waals surface area contributed by atoms with Crippen LogP contribution in [0, 0.1) is 5.92 Å². The highest BCUT2D eigenvalue weighted by atomic mass is 16.6. The van der Waals surface area contributed by atoms with Crippen LogP contribution in [0.15, 0.2) is 54.6 Å². The van der Waals surface area contributed by atoms with E-state index in [4.69, 9.17) is 14.7 Å². The summed E-state index contributed by atoms with van der Waals surface area (Å²) in [5, 5.41) is 9.04. The van der Waals surface area contributed by atoms with Gasteiger partial charge in [0.1, 0.15) is 6.61 Å². The molecule has 0 aromatic heterocycles. The van der Waals surface area contributed by atoms with E-state index in [0.29, 0.717) is 13.0 Å². The number of carboxylic acid groups (broad SMARTS) is 1. The first kappa shape index (κ1) is 24.1. The number of carboxylic acids is 1. The zero-order valence-corrected chi connectivity index (χ0v) is 17.7. The Balaban J connectivity index is 1.97. The van der Waals surface area contributed by atoms with E-state index < -0.39 is 17.9 Å². The maximum atomic E-state index is 12.7. The Hall–Kier alpha value is -3.19. The Kier molecular flexibility index (Phi) is 10.2. The summed E-state index contributed by atoms with van der Waals surface area (Å²) in [5.41, 5.74) is 4.25. The second kappa shape index (κ2) is 13.2. The van der Waals surface area contributed by atoms with Crippen LogP contribution in [0.2, 0.25) is 0 Å². The van der Waals surface area contributed by atoms with Gasteiger partial charge in [0, 0.05) is 6.42 Å². The van der Waals surface area contributed by atoms with E-state index in [1.165, 1.54) is 12.1 Å². The number of hydroxylamine groups is 1. The lowest BCUT2D eigenvalue weighted by atomic mass is 9.94. The van der Waals surface area contributed by atoms with E-state index in [2.05, 4.69) is 5.48 Å². The third kappa shape index (κ3) is 9.00. The van der Waals surface area contributed by atoms with E-state index in [0.717, 1.165) is 24.0 Å². The van der Waals surface area contributed by atoms with Crippen molar-refractivity contribution >= 4 is 17.8 Å². The highest BCUT2D eigenvalue weighted by molar-refractivity contribution is 5.87. The normalized spacial score (nSPS) is 11.5. The summed E-state index contributed by atoms with van der Waals surface area (Å²) in [5.74, 6) is -2.24. The predicted molar refractivity (Wildman–Crippen MR) is 115 cm³/mol. The van der Waals surface area contributed by atoms with Gasteiger partial charge in [-0.1, -0.05) is 55.8 Å². The van der Waals surface area contributed by atoms with Gasteiger partial charge in [0.15, 0.2) is 0 Å². The largest absolute Gasteiger partial charge is 0.478 e. The third-order valence-electron chi connectivity index (χ3n) is 4.75. The van der Waals surface area contributed by atoms with Gasteiger partial charge in [-0.15, -0.1) is 0 Å². The lowest BCUT2D eigenvalue weighted by molar-refractivity contribution is -0.150. The van der Waals surface area contributed by atoms with Gasteiger partial charge >= 0.3 is 11.9 Å². The zero-order chi connectivity index (χ0) is 22.5. The van der Waals surface area contributed by atoms with Crippen LogP contribution in [0.25, 0.3) is 0 Å². The number of nitrogens with one attached hydrogen (secondary N) is 1. The maximum absolute atomic E-state index is 12.7. The predicted octanol–water partition coefficient (Wildman–Crippen LogP) is 3.92.